The van der Waals surface area contributed by atoms with Gasteiger partial charge < -0.3 is 0 Å². The molecule has 2 aliphatic rings. The third-order valence-corrected chi connectivity index (χ3v) is 6.28. The van der Waals surface area contributed by atoms with Gasteiger partial charge in [0.1, 0.15) is 0 Å². The third-order valence-electron chi connectivity index (χ3n) is 6.28. The first kappa shape index (κ1) is 16.5. The number of rotatable bonds is 3. The van der Waals surface area contributed by atoms with Crippen molar-refractivity contribution in [3.8, 4) is 0 Å². The Morgan fingerprint density at radius 3 is 2.40 bits per heavy atom. The molecule has 1 aliphatic heterocycles. The molecule has 0 bridgehead atoms. The van der Waals surface area contributed by atoms with Crippen LogP contribution in [0.1, 0.15) is 57.9 Å². The Kier molecular flexibility index (Phi) is 4.04. The number of fused-ring (bicyclic) bond motifs is 2. The zero-order valence-corrected chi connectivity index (χ0v) is 15.6. The fraction of sp³-hybridized carbons (Fsp3) is 0.435. The minimum absolute atomic E-state index is 0.140. The summed E-state index contributed by atoms with van der Waals surface area (Å²) in [5, 5.41) is 0. The Balaban J connectivity index is 1.41. The lowest BCUT2D eigenvalue weighted by Gasteiger charge is -2.50. The van der Waals surface area contributed by atoms with Gasteiger partial charge in [-0.2, -0.15) is 0 Å². The molecule has 1 spiro atoms. The standard InChI is InChI=1S/C23H27NO/c1-16-12-17(2)21-14-23(22(21)13-16)8-10-24(11-9-23)15-19-4-6-20(7-5-19)18(3)25/h4-7,12-13H,8-11,14-15H2,1-3H3. The predicted molar refractivity (Wildman–Crippen MR) is 102 cm³/mol. The van der Waals surface area contributed by atoms with Gasteiger partial charge in [0.2, 0.25) is 0 Å². The van der Waals surface area contributed by atoms with E-state index in [1.807, 2.05) is 12.1 Å². The molecule has 1 heterocycles. The fourth-order valence-electron chi connectivity index (χ4n) is 4.72. The zero-order valence-electron chi connectivity index (χ0n) is 15.6. The van der Waals surface area contributed by atoms with Crippen molar-refractivity contribution in [1.29, 1.82) is 0 Å². The zero-order chi connectivity index (χ0) is 17.6. The van der Waals surface area contributed by atoms with Crippen LogP contribution in [-0.2, 0) is 18.4 Å². The highest BCUT2D eigenvalue weighted by atomic mass is 16.1. The Bertz CT molecular complexity index is 811. The van der Waals surface area contributed by atoms with Gasteiger partial charge >= 0.3 is 0 Å². The van der Waals surface area contributed by atoms with Crippen LogP contribution in [-0.4, -0.2) is 23.8 Å². The highest BCUT2D eigenvalue weighted by Crippen LogP contribution is 2.49. The second-order valence-electron chi connectivity index (χ2n) is 8.09. The summed E-state index contributed by atoms with van der Waals surface area (Å²) in [6, 6.07) is 12.9. The lowest BCUT2D eigenvalue weighted by atomic mass is 9.58. The number of ketones is 1. The molecule has 1 saturated heterocycles. The van der Waals surface area contributed by atoms with Crippen LogP contribution in [0.25, 0.3) is 0 Å². The van der Waals surface area contributed by atoms with E-state index in [1.54, 1.807) is 18.1 Å². The van der Waals surface area contributed by atoms with E-state index in [4.69, 9.17) is 0 Å². The summed E-state index contributed by atoms with van der Waals surface area (Å²) in [5.41, 5.74) is 8.69. The van der Waals surface area contributed by atoms with Crippen molar-refractivity contribution < 1.29 is 4.79 Å². The van der Waals surface area contributed by atoms with Crippen LogP contribution < -0.4 is 0 Å². The molecule has 1 aliphatic carbocycles. The van der Waals surface area contributed by atoms with Gasteiger partial charge in [0.25, 0.3) is 0 Å². The maximum atomic E-state index is 11.4. The normalized spacial score (nSPS) is 18.7. The van der Waals surface area contributed by atoms with Gasteiger partial charge in [-0.1, -0.05) is 42.0 Å². The van der Waals surface area contributed by atoms with Crippen molar-refractivity contribution in [2.45, 2.75) is 52.0 Å². The minimum Gasteiger partial charge on any atom is -0.299 e. The summed E-state index contributed by atoms with van der Waals surface area (Å²) in [5.74, 6) is 0.140. The maximum absolute atomic E-state index is 11.4. The van der Waals surface area contributed by atoms with Crippen LogP contribution in [0.4, 0.5) is 0 Å². The molecular formula is C23H27NO. The fourth-order valence-corrected chi connectivity index (χ4v) is 4.72. The molecule has 2 aromatic carbocycles. The predicted octanol–water partition coefficient (Wildman–Crippen LogP) is 4.60. The largest absolute Gasteiger partial charge is 0.299 e. The molecule has 0 unspecified atom stereocenters. The van der Waals surface area contributed by atoms with Crippen LogP contribution in [0.3, 0.4) is 0 Å². The van der Waals surface area contributed by atoms with E-state index in [-0.39, 0.29) is 5.78 Å². The van der Waals surface area contributed by atoms with Crippen molar-refractivity contribution >= 4 is 5.78 Å². The highest BCUT2D eigenvalue weighted by Gasteiger charge is 2.45. The highest BCUT2D eigenvalue weighted by molar-refractivity contribution is 5.94. The number of piperidine rings is 1. The van der Waals surface area contributed by atoms with Crippen LogP contribution in [0.2, 0.25) is 0 Å². The van der Waals surface area contributed by atoms with Gasteiger partial charge in [-0.05, 0) is 75.4 Å². The lowest BCUT2D eigenvalue weighted by Crippen LogP contribution is -2.49. The first-order valence-corrected chi connectivity index (χ1v) is 9.40. The van der Waals surface area contributed by atoms with Gasteiger partial charge in [-0.15, -0.1) is 0 Å². The Morgan fingerprint density at radius 2 is 1.76 bits per heavy atom. The smallest absolute Gasteiger partial charge is 0.159 e. The second-order valence-corrected chi connectivity index (χ2v) is 8.09. The summed E-state index contributed by atoms with van der Waals surface area (Å²) in [6.45, 7) is 9.44. The number of hydrogen-bond donors (Lipinski definition) is 0. The molecule has 130 valence electrons. The van der Waals surface area contributed by atoms with E-state index in [2.05, 4.69) is 43.0 Å². The number of Topliss-reactive ketones (excluding diaryl/α,β-unsaturated/α-hetero) is 1. The molecule has 4 rings (SSSR count). The molecule has 1 fully saturated rings. The SMILES string of the molecule is CC(=O)c1ccc(CN2CCC3(CC2)Cc2c(C)cc(C)cc23)cc1. The van der Waals surface area contributed by atoms with Crippen molar-refractivity contribution in [1.82, 2.24) is 4.90 Å². The number of carbonyl (C=O) groups excluding carboxylic acids is 1. The summed E-state index contributed by atoms with van der Waals surface area (Å²) in [7, 11) is 0. The topological polar surface area (TPSA) is 20.3 Å². The molecule has 25 heavy (non-hydrogen) atoms. The number of aryl methyl sites for hydroxylation is 2. The number of hydrogen-bond acceptors (Lipinski definition) is 2. The molecule has 0 atom stereocenters. The monoisotopic (exact) mass is 333 g/mol. The molecule has 0 saturated carbocycles. The van der Waals surface area contributed by atoms with Crippen LogP contribution >= 0.6 is 0 Å². The van der Waals surface area contributed by atoms with Gasteiger partial charge in [0.15, 0.2) is 5.78 Å². The maximum Gasteiger partial charge on any atom is 0.159 e. The van der Waals surface area contributed by atoms with Crippen molar-refractivity contribution in [2.75, 3.05) is 13.1 Å². The minimum atomic E-state index is 0.140. The first-order valence-electron chi connectivity index (χ1n) is 9.40. The average Bonchev–Trinajstić information content (AvgIpc) is 2.58. The van der Waals surface area contributed by atoms with Crippen LogP contribution in [0.5, 0.6) is 0 Å². The number of benzene rings is 2. The lowest BCUT2D eigenvalue weighted by molar-refractivity contribution is 0.101. The second kappa shape index (κ2) is 6.10. The van der Waals surface area contributed by atoms with Gasteiger partial charge in [-0.25, -0.2) is 0 Å². The molecular weight excluding hydrogens is 306 g/mol. The Labute approximate surface area is 150 Å². The quantitative estimate of drug-likeness (QED) is 0.765. The molecule has 0 N–H and O–H groups in total. The third kappa shape index (κ3) is 2.93. The first-order chi connectivity index (χ1) is 12.0. The number of carbonyl (C=O) groups is 1. The summed E-state index contributed by atoms with van der Waals surface area (Å²) in [4.78, 5) is 14.0. The number of nitrogens with zero attached hydrogens (tertiary/aromatic N) is 1. The van der Waals surface area contributed by atoms with E-state index in [1.165, 1.54) is 49.0 Å². The summed E-state index contributed by atoms with van der Waals surface area (Å²) < 4.78 is 0. The Morgan fingerprint density at radius 1 is 1.08 bits per heavy atom. The molecule has 2 heteroatoms. The van der Waals surface area contributed by atoms with Gasteiger partial charge in [-0.3, -0.25) is 9.69 Å². The Hall–Kier alpha value is -1.93. The molecule has 0 amide bonds. The van der Waals surface area contributed by atoms with Crippen molar-refractivity contribution in [3.05, 3.63) is 69.8 Å². The summed E-state index contributed by atoms with van der Waals surface area (Å²) in [6.07, 6.45) is 3.82. The van der Waals surface area contributed by atoms with E-state index in [0.29, 0.717) is 5.41 Å². The van der Waals surface area contributed by atoms with Crippen molar-refractivity contribution in [2.24, 2.45) is 0 Å². The van der Waals surface area contributed by atoms with E-state index >= 15 is 0 Å². The van der Waals surface area contributed by atoms with E-state index in [0.717, 1.165) is 12.1 Å². The molecule has 0 aromatic heterocycles. The summed E-state index contributed by atoms with van der Waals surface area (Å²) >= 11 is 0. The molecule has 2 aromatic rings. The van der Waals surface area contributed by atoms with Crippen LogP contribution in [0.15, 0.2) is 36.4 Å². The number of likely N-dealkylation sites (tertiary alicyclic amines) is 1. The van der Waals surface area contributed by atoms with Gasteiger partial charge in [0, 0.05) is 17.5 Å². The molecule has 0 radical (unpaired) electrons. The van der Waals surface area contributed by atoms with Gasteiger partial charge in [0.05, 0.1) is 0 Å². The van der Waals surface area contributed by atoms with Crippen molar-refractivity contribution in [3.63, 3.8) is 0 Å². The van der Waals surface area contributed by atoms with Crippen LogP contribution in [0, 0.1) is 13.8 Å². The average molecular weight is 333 g/mol. The molecule has 2 nitrogen and oxygen atoms in total. The van der Waals surface area contributed by atoms with E-state index in [9.17, 15) is 4.79 Å². The van der Waals surface area contributed by atoms with E-state index < -0.39 is 0 Å².